The Morgan fingerprint density at radius 1 is 1.00 bits per heavy atom. The van der Waals surface area contributed by atoms with Crippen LogP contribution in [0.1, 0.15) is 20.8 Å². The number of nitrogens with zero attached hydrogens (tertiary/aromatic N) is 1. The highest BCUT2D eigenvalue weighted by Gasteiger charge is 2.21. The van der Waals surface area contributed by atoms with Gasteiger partial charge >= 0.3 is 6.09 Å². The molecule has 0 aliphatic carbocycles. The number of nitrogens with two attached hydrogens (primary N) is 1. The summed E-state index contributed by atoms with van der Waals surface area (Å²) in [4.78, 5) is 46.6. The maximum Gasteiger partial charge on any atom is 0.407 e. The first-order valence-corrected chi connectivity index (χ1v) is 7.14. The number of amides is 4. The number of carbonyl (C=O) groups is 4. The second kappa shape index (κ2) is 9.62. The van der Waals surface area contributed by atoms with E-state index in [-0.39, 0.29) is 13.1 Å². The molecule has 10 nitrogen and oxygen atoms in total. The van der Waals surface area contributed by atoms with Crippen LogP contribution in [0.4, 0.5) is 4.79 Å². The van der Waals surface area contributed by atoms with E-state index >= 15 is 0 Å². The van der Waals surface area contributed by atoms with Crippen LogP contribution in [0, 0.1) is 0 Å². The number of carbonyl (C=O) groups excluding carboxylic acids is 3. The van der Waals surface area contributed by atoms with E-state index in [2.05, 4.69) is 16.0 Å². The van der Waals surface area contributed by atoms with Crippen LogP contribution in [-0.2, 0) is 14.4 Å². The first-order valence-electron chi connectivity index (χ1n) is 7.14. The van der Waals surface area contributed by atoms with Crippen LogP contribution < -0.4 is 21.7 Å². The number of likely N-dealkylation sites (N-methyl/N-ethyl adjacent to an activating group) is 1. The van der Waals surface area contributed by atoms with E-state index < -0.39 is 41.9 Å². The molecule has 0 aliphatic rings. The minimum atomic E-state index is -1.10. The van der Waals surface area contributed by atoms with Gasteiger partial charge < -0.3 is 31.7 Å². The molecule has 0 aliphatic heterocycles. The third-order valence-corrected chi connectivity index (χ3v) is 2.99. The topological polar surface area (TPSA) is 154 Å². The molecule has 0 saturated heterocycles. The van der Waals surface area contributed by atoms with Gasteiger partial charge in [0.05, 0.1) is 6.04 Å². The highest BCUT2D eigenvalue weighted by atomic mass is 16.4. The molecule has 0 heterocycles. The number of hydrogen-bond donors (Lipinski definition) is 5. The molecule has 0 fully saturated rings. The van der Waals surface area contributed by atoms with Crippen LogP contribution in [0.15, 0.2) is 0 Å². The monoisotopic (exact) mass is 331 g/mol. The Morgan fingerprint density at radius 2 is 1.48 bits per heavy atom. The van der Waals surface area contributed by atoms with Crippen molar-refractivity contribution >= 4 is 23.8 Å². The van der Waals surface area contributed by atoms with Crippen molar-refractivity contribution < 1.29 is 24.3 Å². The second-order valence-corrected chi connectivity index (χ2v) is 5.24. The molecule has 0 aromatic rings. The zero-order valence-electron chi connectivity index (χ0n) is 13.8. The van der Waals surface area contributed by atoms with Crippen LogP contribution in [0.2, 0.25) is 0 Å². The van der Waals surface area contributed by atoms with E-state index in [9.17, 15) is 19.2 Å². The van der Waals surface area contributed by atoms with Crippen LogP contribution in [-0.4, -0.2) is 72.1 Å². The largest absolute Gasteiger partial charge is 0.465 e. The molecule has 0 spiro atoms. The Bertz CT molecular complexity index is 454. The second-order valence-electron chi connectivity index (χ2n) is 5.24. The van der Waals surface area contributed by atoms with Crippen molar-refractivity contribution in [3.63, 3.8) is 0 Å². The summed E-state index contributed by atoms with van der Waals surface area (Å²) in [5.74, 6) is -1.45. The molecule has 23 heavy (non-hydrogen) atoms. The summed E-state index contributed by atoms with van der Waals surface area (Å²) in [6.07, 6.45) is -1.10. The molecule has 0 saturated carbocycles. The summed E-state index contributed by atoms with van der Waals surface area (Å²) < 4.78 is 0. The van der Waals surface area contributed by atoms with Gasteiger partial charge in [0, 0.05) is 20.1 Å². The number of nitrogens with one attached hydrogen (secondary N) is 3. The molecule has 0 aromatic heterocycles. The van der Waals surface area contributed by atoms with Gasteiger partial charge in [0.2, 0.25) is 17.7 Å². The average Bonchev–Trinajstić information content (AvgIpc) is 2.46. The fourth-order valence-electron chi connectivity index (χ4n) is 1.41. The number of rotatable bonds is 8. The molecule has 0 aromatic carbocycles. The van der Waals surface area contributed by atoms with Gasteiger partial charge in [-0.3, -0.25) is 14.4 Å². The van der Waals surface area contributed by atoms with Gasteiger partial charge in [-0.15, -0.1) is 0 Å². The lowest BCUT2D eigenvalue weighted by atomic mass is 10.2. The van der Waals surface area contributed by atoms with E-state index in [1.54, 1.807) is 0 Å². The van der Waals surface area contributed by atoms with Crippen molar-refractivity contribution in [2.24, 2.45) is 5.73 Å². The molecule has 10 heteroatoms. The molecule has 0 bridgehead atoms. The highest BCUT2D eigenvalue weighted by molar-refractivity contribution is 5.92. The SMILES string of the molecule is C[C@H](N)C(=O)N[C@@H](C)C(=O)N[C@@H](C)C(=O)NCCN(C)C(=O)O. The summed E-state index contributed by atoms with van der Waals surface area (Å²) in [7, 11) is 1.38. The lowest BCUT2D eigenvalue weighted by Crippen LogP contribution is -2.53. The predicted molar refractivity (Wildman–Crippen MR) is 82.5 cm³/mol. The number of carboxylic acid groups (broad SMARTS) is 1. The number of hydrogen-bond acceptors (Lipinski definition) is 5. The lowest BCUT2D eigenvalue weighted by Gasteiger charge is -2.19. The third-order valence-electron chi connectivity index (χ3n) is 2.99. The molecular weight excluding hydrogens is 306 g/mol. The molecule has 4 amide bonds. The van der Waals surface area contributed by atoms with Crippen molar-refractivity contribution in [1.29, 1.82) is 0 Å². The van der Waals surface area contributed by atoms with Gasteiger partial charge in [0.15, 0.2) is 0 Å². The van der Waals surface area contributed by atoms with Crippen molar-refractivity contribution in [2.75, 3.05) is 20.1 Å². The van der Waals surface area contributed by atoms with Gasteiger partial charge in [-0.05, 0) is 20.8 Å². The summed E-state index contributed by atoms with van der Waals surface area (Å²) in [6, 6.07) is -2.40. The van der Waals surface area contributed by atoms with E-state index in [1.807, 2.05) is 0 Å². The average molecular weight is 331 g/mol. The van der Waals surface area contributed by atoms with Crippen molar-refractivity contribution in [3.8, 4) is 0 Å². The zero-order chi connectivity index (χ0) is 18.2. The summed E-state index contributed by atoms with van der Waals surface area (Å²) >= 11 is 0. The maximum atomic E-state index is 11.9. The Morgan fingerprint density at radius 3 is 1.96 bits per heavy atom. The molecule has 0 unspecified atom stereocenters. The van der Waals surface area contributed by atoms with E-state index in [0.29, 0.717) is 0 Å². The highest BCUT2D eigenvalue weighted by Crippen LogP contribution is 1.89. The van der Waals surface area contributed by atoms with Crippen LogP contribution in [0.3, 0.4) is 0 Å². The Kier molecular flexibility index (Phi) is 8.63. The molecule has 0 rings (SSSR count). The smallest absolute Gasteiger partial charge is 0.407 e. The van der Waals surface area contributed by atoms with Gasteiger partial charge in [0.25, 0.3) is 0 Å². The minimum Gasteiger partial charge on any atom is -0.465 e. The van der Waals surface area contributed by atoms with Crippen LogP contribution >= 0.6 is 0 Å². The maximum absolute atomic E-state index is 11.9. The zero-order valence-corrected chi connectivity index (χ0v) is 13.8. The normalized spacial score (nSPS) is 14.1. The van der Waals surface area contributed by atoms with Crippen LogP contribution in [0.5, 0.6) is 0 Å². The van der Waals surface area contributed by atoms with Crippen molar-refractivity contribution in [2.45, 2.75) is 38.9 Å². The Balaban J connectivity index is 4.22. The standard InChI is InChI=1S/C13H25N5O5/c1-7(14)10(19)16-9(3)12(21)17-8(2)11(20)15-5-6-18(4)13(22)23/h7-9H,5-6,14H2,1-4H3,(H,15,20)(H,16,19)(H,17,21)(H,22,23)/t7-,8-,9-/m0/s1. The van der Waals surface area contributed by atoms with E-state index in [0.717, 1.165) is 4.90 Å². The quantitative estimate of drug-likeness (QED) is 0.349. The molecule has 0 radical (unpaired) electrons. The molecule has 3 atom stereocenters. The van der Waals surface area contributed by atoms with Gasteiger partial charge in [0.1, 0.15) is 12.1 Å². The fourth-order valence-corrected chi connectivity index (χ4v) is 1.41. The Hall–Kier alpha value is -2.36. The van der Waals surface area contributed by atoms with Crippen LogP contribution in [0.25, 0.3) is 0 Å². The molecular formula is C13H25N5O5. The lowest BCUT2D eigenvalue weighted by molar-refractivity contribution is -0.131. The molecule has 132 valence electrons. The fraction of sp³-hybridized carbons (Fsp3) is 0.692. The van der Waals surface area contributed by atoms with Crippen molar-refractivity contribution in [3.05, 3.63) is 0 Å². The summed E-state index contributed by atoms with van der Waals surface area (Å²) in [5.41, 5.74) is 5.38. The van der Waals surface area contributed by atoms with E-state index in [4.69, 9.17) is 10.8 Å². The van der Waals surface area contributed by atoms with Crippen molar-refractivity contribution in [1.82, 2.24) is 20.9 Å². The summed E-state index contributed by atoms with van der Waals surface area (Å²) in [5, 5.41) is 16.0. The molecule has 6 N–H and O–H groups in total. The first kappa shape index (κ1) is 20.6. The first-order chi connectivity index (χ1) is 10.6. The third kappa shape index (κ3) is 8.00. The van der Waals surface area contributed by atoms with Gasteiger partial charge in [-0.25, -0.2) is 4.79 Å². The van der Waals surface area contributed by atoms with Gasteiger partial charge in [-0.2, -0.15) is 0 Å². The predicted octanol–water partition coefficient (Wildman–Crippen LogP) is -1.93. The van der Waals surface area contributed by atoms with E-state index in [1.165, 1.54) is 27.8 Å². The summed E-state index contributed by atoms with van der Waals surface area (Å²) in [6.45, 7) is 4.70. The Labute approximate surface area is 134 Å². The minimum absolute atomic E-state index is 0.124. The van der Waals surface area contributed by atoms with Gasteiger partial charge in [-0.1, -0.05) is 0 Å².